The summed E-state index contributed by atoms with van der Waals surface area (Å²) in [5, 5.41) is 5.69. The Hall–Kier alpha value is -0.980. The van der Waals surface area contributed by atoms with Crippen molar-refractivity contribution in [1.82, 2.24) is 5.32 Å². The lowest BCUT2D eigenvalue weighted by Crippen LogP contribution is -2.41. The lowest BCUT2D eigenvalue weighted by Gasteiger charge is -2.34. The van der Waals surface area contributed by atoms with Gasteiger partial charge in [-0.05, 0) is 43.4 Å². The second-order valence-corrected chi connectivity index (χ2v) is 10.1. The van der Waals surface area contributed by atoms with Crippen molar-refractivity contribution in [1.29, 1.82) is 0 Å². The van der Waals surface area contributed by atoms with Crippen molar-refractivity contribution in [2.24, 2.45) is 5.73 Å². The predicted octanol–water partition coefficient (Wildman–Crippen LogP) is 4.15. The summed E-state index contributed by atoms with van der Waals surface area (Å²) in [5.74, 6) is 0.688. The third-order valence-corrected chi connectivity index (χ3v) is 8.19. The van der Waals surface area contributed by atoms with Crippen LogP contribution in [-0.4, -0.2) is 14.8 Å². The Balaban J connectivity index is 1.96. The molecule has 0 aliphatic carbocycles. The van der Waals surface area contributed by atoms with Crippen LogP contribution in [0.4, 0.5) is 0 Å². The fourth-order valence-corrected chi connectivity index (χ4v) is 7.03. The summed E-state index contributed by atoms with van der Waals surface area (Å²) < 4.78 is 13.4. The molecule has 0 amide bonds. The molecule has 2 aliphatic heterocycles. The standard InChI is InChI=1S/C17H22N2OS3/c1-4-5-9-23(20)16-15(18)14-11(2)10-12(13-7-6-8-21-13)19-17(14,3)22-16/h6-8,10,19H,4-5,9,18H2,1-3H3. The molecule has 0 spiro atoms. The first-order valence-electron chi connectivity index (χ1n) is 7.79. The molecular formula is C17H22N2OS3. The van der Waals surface area contributed by atoms with E-state index in [1.807, 2.05) is 0 Å². The highest BCUT2D eigenvalue weighted by Gasteiger charge is 2.44. The molecule has 1 aromatic heterocycles. The minimum atomic E-state index is -1.01. The quantitative estimate of drug-likeness (QED) is 0.822. The van der Waals surface area contributed by atoms with E-state index in [-0.39, 0.29) is 4.87 Å². The molecule has 2 atom stereocenters. The van der Waals surface area contributed by atoms with Gasteiger partial charge in [0.05, 0.1) is 31.3 Å². The van der Waals surface area contributed by atoms with E-state index in [0.29, 0.717) is 11.4 Å². The maximum absolute atomic E-state index is 12.6. The number of thiophene rings is 1. The smallest absolute Gasteiger partial charge is 0.114 e. The van der Waals surface area contributed by atoms with Crippen molar-refractivity contribution in [2.75, 3.05) is 5.75 Å². The number of unbranched alkanes of at least 4 members (excludes halogenated alkanes) is 1. The van der Waals surface area contributed by atoms with Gasteiger partial charge in [-0.15, -0.1) is 11.3 Å². The Bertz CT molecular complexity index is 731. The monoisotopic (exact) mass is 366 g/mol. The average Bonchev–Trinajstić information content (AvgIpc) is 3.11. The molecule has 0 aromatic carbocycles. The van der Waals surface area contributed by atoms with E-state index in [1.54, 1.807) is 23.1 Å². The maximum Gasteiger partial charge on any atom is 0.114 e. The first kappa shape index (κ1) is 16.9. The van der Waals surface area contributed by atoms with Crippen LogP contribution in [0.5, 0.6) is 0 Å². The molecule has 3 rings (SSSR count). The molecule has 3 nitrogen and oxygen atoms in total. The van der Waals surface area contributed by atoms with Crippen LogP contribution >= 0.6 is 23.1 Å². The zero-order valence-electron chi connectivity index (χ0n) is 13.6. The molecule has 1 aromatic rings. The van der Waals surface area contributed by atoms with Gasteiger partial charge >= 0.3 is 0 Å². The summed E-state index contributed by atoms with van der Waals surface area (Å²) in [7, 11) is -1.01. The zero-order valence-corrected chi connectivity index (χ0v) is 16.1. The van der Waals surface area contributed by atoms with E-state index in [2.05, 4.69) is 49.7 Å². The number of rotatable bonds is 5. The van der Waals surface area contributed by atoms with Gasteiger partial charge in [0.15, 0.2) is 0 Å². The van der Waals surface area contributed by atoms with Gasteiger partial charge < -0.3 is 11.1 Å². The van der Waals surface area contributed by atoms with Crippen molar-refractivity contribution < 1.29 is 4.21 Å². The lowest BCUT2D eigenvalue weighted by atomic mass is 9.95. The highest BCUT2D eigenvalue weighted by atomic mass is 32.2. The number of nitrogens with one attached hydrogen (secondary N) is 1. The molecule has 3 heterocycles. The topological polar surface area (TPSA) is 55.1 Å². The summed E-state index contributed by atoms with van der Waals surface area (Å²) in [5.41, 5.74) is 10.5. The fourth-order valence-electron chi connectivity index (χ4n) is 3.01. The molecule has 0 fully saturated rings. The molecule has 3 N–H and O–H groups in total. The number of hydrogen-bond acceptors (Lipinski definition) is 5. The molecule has 0 saturated heterocycles. The number of hydrogen-bond donors (Lipinski definition) is 2. The molecule has 124 valence electrons. The van der Waals surface area contributed by atoms with E-state index < -0.39 is 10.8 Å². The van der Waals surface area contributed by atoms with Gasteiger partial charge in [0.1, 0.15) is 4.87 Å². The molecule has 2 aliphatic rings. The Morgan fingerprint density at radius 3 is 2.87 bits per heavy atom. The second-order valence-electron chi connectivity index (χ2n) is 5.96. The Labute approximate surface area is 148 Å². The van der Waals surface area contributed by atoms with Crippen molar-refractivity contribution in [2.45, 2.75) is 38.5 Å². The van der Waals surface area contributed by atoms with Gasteiger partial charge in [-0.2, -0.15) is 0 Å². The van der Waals surface area contributed by atoms with Gasteiger partial charge in [-0.25, -0.2) is 0 Å². The second kappa shape index (κ2) is 6.49. The molecule has 0 bridgehead atoms. The lowest BCUT2D eigenvalue weighted by molar-refractivity contribution is 0.681. The summed E-state index contributed by atoms with van der Waals surface area (Å²) in [6, 6.07) is 4.17. The minimum Gasteiger partial charge on any atom is -0.397 e. The average molecular weight is 367 g/mol. The first-order chi connectivity index (χ1) is 11.0. The van der Waals surface area contributed by atoms with E-state index >= 15 is 0 Å². The third kappa shape index (κ3) is 3.04. The van der Waals surface area contributed by atoms with Gasteiger partial charge in [0.25, 0.3) is 0 Å². The first-order valence-corrected chi connectivity index (χ1v) is 10.8. The molecular weight excluding hydrogens is 344 g/mol. The normalized spacial score (nSPS) is 25.3. The van der Waals surface area contributed by atoms with Crippen LogP contribution in [0, 0.1) is 0 Å². The number of dihydropyridines is 1. The van der Waals surface area contributed by atoms with Crippen LogP contribution in [0.3, 0.4) is 0 Å². The molecule has 6 heteroatoms. The van der Waals surface area contributed by atoms with Crippen molar-refractivity contribution >= 4 is 39.6 Å². The summed E-state index contributed by atoms with van der Waals surface area (Å²) in [6.45, 7) is 6.34. The van der Waals surface area contributed by atoms with Crippen LogP contribution in [0.2, 0.25) is 0 Å². The third-order valence-electron chi connectivity index (χ3n) is 4.07. The van der Waals surface area contributed by atoms with Gasteiger partial charge in [-0.3, -0.25) is 4.21 Å². The van der Waals surface area contributed by atoms with Gasteiger partial charge in [-0.1, -0.05) is 31.2 Å². The predicted molar refractivity (Wildman–Crippen MR) is 103 cm³/mol. The van der Waals surface area contributed by atoms with Crippen molar-refractivity contribution in [3.63, 3.8) is 0 Å². The number of fused-ring (bicyclic) bond motifs is 1. The Kier molecular flexibility index (Phi) is 4.76. The zero-order chi connectivity index (χ0) is 16.6. The Morgan fingerprint density at radius 2 is 2.22 bits per heavy atom. The van der Waals surface area contributed by atoms with Crippen LogP contribution < -0.4 is 11.1 Å². The fraction of sp³-hybridized carbons (Fsp3) is 0.412. The molecule has 0 radical (unpaired) electrons. The molecule has 2 unspecified atom stereocenters. The van der Waals surface area contributed by atoms with E-state index in [1.165, 1.54) is 4.88 Å². The summed E-state index contributed by atoms with van der Waals surface area (Å²) in [4.78, 5) is 0.878. The van der Waals surface area contributed by atoms with Crippen molar-refractivity contribution in [3.05, 3.63) is 49.5 Å². The minimum absolute atomic E-state index is 0.334. The number of thioether (sulfide) groups is 1. The molecule has 23 heavy (non-hydrogen) atoms. The van der Waals surface area contributed by atoms with Crippen LogP contribution in [0.15, 0.2) is 44.7 Å². The van der Waals surface area contributed by atoms with Gasteiger partial charge in [0, 0.05) is 11.3 Å². The van der Waals surface area contributed by atoms with E-state index in [4.69, 9.17) is 5.73 Å². The van der Waals surface area contributed by atoms with E-state index in [9.17, 15) is 4.21 Å². The van der Waals surface area contributed by atoms with Crippen LogP contribution in [0.1, 0.15) is 38.5 Å². The molecule has 0 saturated carbocycles. The number of allylic oxidation sites excluding steroid dienone is 2. The SMILES string of the molecule is CCCCS(=O)C1=C(N)C2=C(C)C=C(c3cccs3)NC2(C)S1. The summed E-state index contributed by atoms with van der Waals surface area (Å²) >= 11 is 3.33. The van der Waals surface area contributed by atoms with Gasteiger partial charge in [0.2, 0.25) is 0 Å². The van der Waals surface area contributed by atoms with E-state index in [0.717, 1.165) is 33.9 Å². The summed E-state index contributed by atoms with van der Waals surface area (Å²) in [6.07, 6.45) is 4.16. The maximum atomic E-state index is 12.6. The van der Waals surface area contributed by atoms with Crippen molar-refractivity contribution in [3.8, 4) is 0 Å². The highest BCUT2D eigenvalue weighted by molar-refractivity contribution is 8.17. The van der Waals surface area contributed by atoms with Crippen LogP contribution in [0.25, 0.3) is 5.70 Å². The number of nitrogens with two attached hydrogens (primary N) is 1. The highest BCUT2D eigenvalue weighted by Crippen LogP contribution is 2.52. The largest absolute Gasteiger partial charge is 0.397 e. The van der Waals surface area contributed by atoms with Crippen LogP contribution in [-0.2, 0) is 10.8 Å². The Morgan fingerprint density at radius 1 is 1.43 bits per heavy atom.